The summed E-state index contributed by atoms with van der Waals surface area (Å²) in [6.07, 6.45) is 2.19. The third kappa shape index (κ3) is 2.08. The van der Waals surface area contributed by atoms with Gasteiger partial charge in [-0.15, -0.1) is 0 Å². The molecule has 0 amide bonds. The van der Waals surface area contributed by atoms with E-state index in [0.29, 0.717) is 11.8 Å². The molecule has 0 aliphatic heterocycles. The normalized spacial score (nSPS) is 18.8. The fourth-order valence-corrected chi connectivity index (χ4v) is 3.18. The van der Waals surface area contributed by atoms with Crippen LogP contribution < -0.4 is 0 Å². The van der Waals surface area contributed by atoms with E-state index in [4.69, 9.17) is 0 Å². The Kier molecular flexibility index (Phi) is 3.16. The highest BCUT2D eigenvalue weighted by Crippen LogP contribution is 2.44. The molecule has 1 N–H and O–H groups in total. The van der Waals surface area contributed by atoms with Gasteiger partial charge in [0.05, 0.1) is 6.10 Å². The molecule has 18 heavy (non-hydrogen) atoms. The van der Waals surface area contributed by atoms with Gasteiger partial charge in [-0.25, -0.2) is 0 Å². The zero-order valence-electron chi connectivity index (χ0n) is 10.4. The molecule has 2 aromatic carbocycles. The lowest BCUT2D eigenvalue weighted by Gasteiger charge is -2.20. The molecule has 0 aromatic heterocycles. The summed E-state index contributed by atoms with van der Waals surface area (Å²) in [6, 6.07) is 12.4. The van der Waals surface area contributed by atoms with Gasteiger partial charge in [0, 0.05) is 4.47 Å². The molecule has 1 aliphatic carbocycles. The maximum atomic E-state index is 10.6. The lowest BCUT2D eigenvalue weighted by atomic mass is 9.90. The van der Waals surface area contributed by atoms with Gasteiger partial charge in [0.1, 0.15) is 0 Å². The number of halogens is 1. The van der Waals surface area contributed by atoms with E-state index in [1.807, 2.05) is 18.2 Å². The van der Waals surface area contributed by atoms with Gasteiger partial charge in [0.15, 0.2) is 0 Å². The molecule has 2 unspecified atom stereocenters. The van der Waals surface area contributed by atoms with Crippen molar-refractivity contribution in [3.8, 4) is 0 Å². The summed E-state index contributed by atoms with van der Waals surface area (Å²) in [7, 11) is 0. The standard InChI is InChI=1S/C16H17BrO/c1-10(11-6-7-11)16(18)14-8-9-15(17)13-5-3-2-4-12(13)14/h2-5,8-11,16,18H,6-7H2,1H3. The Labute approximate surface area is 116 Å². The zero-order valence-corrected chi connectivity index (χ0v) is 12.0. The Bertz CT molecular complexity index is 574. The number of aliphatic hydroxyl groups excluding tert-OH is 1. The predicted octanol–water partition coefficient (Wildman–Crippen LogP) is 4.68. The van der Waals surface area contributed by atoms with Gasteiger partial charge in [-0.05, 0) is 47.1 Å². The second kappa shape index (κ2) is 4.67. The van der Waals surface area contributed by atoms with Crippen LogP contribution in [-0.2, 0) is 0 Å². The van der Waals surface area contributed by atoms with Crippen LogP contribution in [0.25, 0.3) is 10.8 Å². The van der Waals surface area contributed by atoms with Crippen LogP contribution in [0.15, 0.2) is 40.9 Å². The highest BCUT2D eigenvalue weighted by atomic mass is 79.9. The van der Waals surface area contributed by atoms with E-state index in [1.165, 1.54) is 18.2 Å². The first-order valence-electron chi connectivity index (χ1n) is 6.53. The molecule has 1 fully saturated rings. The lowest BCUT2D eigenvalue weighted by molar-refractivity contribution is 0.107. The highest BCUT2D eigenvalue weighted by molar-refractivity contribution is 9.10. The van der Waals surface area contributed by atoms with Gasteiger partial charge in [-0.2, -0.15) is 0 Å². The van der Waals surface area contributed by atoms with Crippen LogP contribution in [0.4, 0.5) is 0 Å². The van der Waals surface area contributed by atoms with Crippen LogP contribution in [0.1, 0.15) is 31.4 Å². The third-order valence-corrected chi connectivity index (χ3v) is 4.78. The molecule has 2 heteroatoms. The SMILES string of the molecule is CC(C1CC1)C(O)c1ccc(Br)c2ccccc12. The minimum atomic E-state index is -0.351. The molecule has 1 nitrogen and oxygen atoms in total. The van der Waals surface area contributed by atoms with Crippen molar-refractivity contribution < 1.29 is 5.11 Å². The molecule has 0 heterocycles. The molecule has 0 bridgehead atoms. The van der Waals surface area contributed by atoms with E-state index in [9.17, 15) is 5.11 Å². The summed E-state index contributed by atoms with van der Waals surface area (Å²) in [5.74, 6) is 1.07. The summed E-state index contributed by atoms with van der Waals surface area (Å²) in [6.45, 7) is 2.17. The first kappa shape index (κ1) is 12.2. The Morgan fingerprint density at radius 2 is 1.78 bits per heavy atom. The number of rotatable bonds is 3. The first-order valence-corrected chi connectivity index (χ1v) is 7.33. The van der Waals surface area contributed by atoms with Crippen molar-refractivity contribution >= 4 is 26.7 Å². The number of hydrogen-bond donors (Lipinski definition) is 1. The van der Waals surface area contributed by atoms with Crippen LogP contribution >= 0.6 is 15.9 Å². The molecule has 0 radical (unpaired) electrons. The average Bonchev–Trinajstić information content (AvgIpc) is 3.22. The topological polar surface area (TPSA) is 20.2 Å². The predicted molar refractivity (Wildman–Crippen MR) is 78.5 cm³/mol. The molecule has 2 aromatic rings. The Morgan fingerprint density at radius 3 is 2.44 bits per heavy atom. The Morgan fingerprint density at radius 1 is 1.11 bits per heavy atom. The quantitative estimate of drug-likeness (QED) is 0.873. The molecule has 0 spiro atoms. The zero-order chi connectivity index (χ0) is 12.7. The minimum absolute atomic E-state index is 0.351. The second-order valence-corrected chi connectivity index (χ2v) is 6.18. The monoisotopic (exact) mass is 304 g/mol. The number of aliphatic hydroxyl groups is 1. The van der Waals surface area contributed by atoms with Gasteiger partial charge >= 0.3 is 0 Å². The number of benzene rings is 2. The molecule has 2 atom stereocenters. The summed E-state index contributed by atoms with van der Waals surface area (Å²) in [5, 5.41) is 12.9. The van der Waals surface area contributed by atoms with E-state index >= 15 is 0 Å². The van der Waals surface area contributed by atoms with Crippen molar-refractivity contribution in [1.82, 2.24) is 0 Å². The molecule has 0 saturated heterocycles. The van der Waals surface area contributed by atoms with E-state index in [0.717, 1.165) is 15.4 Å². The average molecular weight is 305 g/mol. The molecule has 94 valence electrons. The summed E-state index contributed by atoms with van der Waals surface area (Å²) in [4.78, 5) is 0. The van der Waals surface area contributed by atoms with Crippen molar-refractivity contribution in [2.24, 2.45) is 11.8 Å². The molecule has 1 saturated carbocycles. The molecule has 1 aliphatic rings. The fourth-order valence-electron chi connectivity index (χ4n) is 2.71. The van der Waals surface area contributed by atoms with Crippen molar-refractivity contribution in [3.05, 3.63) is 46.4 Å². The maximum Gasteiger partial charge on any atom is 0.0824 e. The summed E-state index contributed by atoms with van der Waals surface area (Å²) in [5.41, 5.74) is 1.06. The summed E-state index contributed by atoms with van der Waals surface area (Å²) < 4.78 is 1.09. The first-order chi connectivity index (χ1) is 8.68. The third-order valence-electron chi connectivity index (χ3n) is 4.09. The van der Waals surface area contributed by atoms with E-state index in [-0.39, 0.29) is 6.10 Å². The molecular formula is C16H17BrO. The van der Waals surface area contributed by atoms with Gasteiger partial charge in [0.2, 0.25) is 0 Å². The van der Waals surface area contributed by atoms with E-state index in [1.54, 1.807) is 0 Å². The molecule has 3 rings (SSSR count). The van der Waals surface area contributed by atoms with Crippen molar-refractivity contribution in [3.63, 3.8) is 0 Å². The van der Waals surface area contributed by atoms with E-state index < -0.39 is 0 Å². The van der Waals surface area contributed by atoms with Crippen LogP contribution in [-0.4, -0.2) is 5.11 Å². The van der Waals surface area contributed by atoms with E-state index in [2.05, 4.69) is 41.1 Å². The largest absolute Gasteiger partial charge is 0.388 e. The van der Waals surface area contributed by atoms with Gasteiger partial charge < -0.3 is 5.11 Å². The summed E-state index contributed by atoms with van der Waals surface area (Å²) >= 11 is 3.58. The number of fused-ring (bicyclic) bond motifs is 1. The maximum absolute atomic E-state index is 10.6. The molecular weight excluding hydrogens is 288 g/mol. The van der Waals surface area contributed by atoms with Gasteiger partial charge in [-0.3, -0.25) is 0 Å². The van der Waals surface area contributed by atoms with Crippen LogP contribution in [0, 0.1) is 11.8 Å². The fraction of sp³-hybridized carbons (Fsp3) is 0.375. The Balaban J connectivity index is 2.08. The van der Waals surface area contributed by atoms with Crippen LogP contribution in [0.5, 0.6) is 0 Å². The van der Waals surface area contributed by atoms with Crippen molar-refractivity contribution in [2.45, 2.75) is 25.9 Å². The van der Waals surface area contributed by atoms with Gasteiger partial charge in [0.25, 0.3) is 0 Å². The van der Waals surface area contributed by atoms with Crippen molar-refractivity contribution in [1.29, 1.82) is 0 Å². The van der Waals surface area contributed by atoms with Crippen molar-refractivity contribution in [2.75, 3.05) is 0 Å². The number of hydrogen-bond acceptors (Lipinski definition) is 1. The minimum Gasteiger partial charge on any atom is -0.388 e. The second-order valence-electron chi connectivity index (χ2n) is 5.32. The van der Waals surface area contributed by atoms with Crippen LogP contribution in [0.2, 0.25) is 0 Å². The highest BCUT2D eigenvalue weighted by Gasteiger charge is 2.33. The van der Waals surface area contributed by atoms with Gasteiger partial charge in [-0.1, -0.05) is 53.2 Å². The smallest absolute Gasteiger partial charge is 0.0824 e. The Hall–Kier alpha value is -0.860. The lowest BCUT2D eigenvalue weighted by Crippen LogP contribution is -2.11. The van der Waals surface area contributed by atoms with Crippen LogP contribution in [0.3, 0.4) is 0 Å².